The van der Waals surface area contributed by atoms with E-state index < -0.39 is 0 Å². The number of nitrogens with one attached hydrogen (secondary N) is 1. The van der Waals surface area contributed by atoms with Crippen molar-refractivity contribution < 1.29 is 0 Å². The Hall–Kier alpha value is -2.14. The Morgan fingerprint density at radius 1 is 1.29 bits per heavy atom. The van der Waals surface area contributed by atoms with Crippen molar-refractivity contribution in [2.45, 2.75) is 26.2 Å². The van der Waals surface area contributed by atoms with Crippen LogP contribution < -0.4 is 16.2 Å². The zero-order chi connectivity index (χ0) is 14.8. The van der Waals surface area contributed by atoms with Crippen molar-refractivity contribution in [1.29, 1.82) is 0 Å². The zero-order valence-electron chi connectivity index (χ0n) is 12.6. The van der Waals surface area contributed by atoms with Crippen molar-refractivity contribution in [3.63, 3.8) is 0 Å². The summed E-state index contributed by atoms with van der Waals surface area (Å²) in [5.74, 6) is 6.93. The standard InChI is InChI=1S/C16H21N5/c1-3-4-13-10-15(20-17)19-16(18-13)12-5-6-14-11(9-12)7-8-21(14)2/h5-6,9-10H,3-4,7-8,17H2,1-2H3,(H,18,19,20). The second kappa shape index (κ2) is 5.69. The number of likely N-dealkylation sites (N-methyl/N-ethyl adjacent to an activating group) is 1. The second-order valence-corrected chi connectivity index (χ2v) is 5.48. The summed E-state index contributed by atoms with van der Waals surface area (Å²) in [6.45, 7) is 3.22. The highest BCUT2D eigenvalue weighted by molar-refractivity contribution is 5.67. The third-order valence-corrected chi connectivity index (χ3v) is 3.90. The SMILES string of the molecule is CCCc1cc(NN)nc(-c2ccc3c(c2)CCN3C)n1. The van der Waals surface area contributed by atoms with E-state index in [9.17, 15) is 0 Å². The lowest BCUT2D eigenvalue weighted by Crippen LogP contribution is -2.12. The van der Waals surface area contributed by atoms with Crippen LogP contribution in [0.2, 0.25) is 0 Å². The van der Waals surface area contributed by atoms with Gasteiger partial charge < -0.3 is 10.3 Å². The first-order chi connectivity index (χ1) is 10.2. The largest absolute Gasteiger partial charge is 0.374 e. The summed E-state index contributed by atoms with van der Waals surface area (Å²) in [7, 11) is 2.13. The molecule has 3 N–H and O–H groups in total. The molecule has 1 aromatic carbocycles. The van der Waals surface area contributed by atoms with Crippen molar-refractivity contribution in [2.24, 2.45) is 5.84 Å². The maximum atomic E-state index is 5.52. The molecule has 0 fully saturated rings. The van der Waals surface area contributed by atoms with E-state index in [4.69, 9.17) is 5.84 Å². The van der Waals surface area contributed by atoms with Gasteiger partial charge in [-0.25, -0.2) is 15.8 Å². The average molecular weight is 283 g/mol. The molecule has 1 aliphatic heterocycles. The molecule has 1 aliphatic rings. The molecule has 110 valence electrons. The van der Waals surface area contributed by atoms with Gasteiger partial charge in [-0.15, -0.1) is 0 Å². The molecular formula is C16H21N5. The minimum atomic E-state index is 0.668. The quantitative estimate of drug-likeness (QED) is 0.666. The Bertz CT molecular complexity index is 653. The number of hydrogen-bond donors (Lipinski definition) is 2. The summed E-state index contributed by atoms with van der Waals surface area (Å²) in [6, 6.07) is 8.35. The van der Waals surface area contributed by atoms with E-state index in [-0.39, 0.29) is 0 Å². The smallest absolute Gasteiger partial charge is 0.161 e. The topological polar surface area (TPSA) is 67.1 Å². The molecule has 3 rings (SSSR count). The molecule has 5 nitrogen and oxygen atoms in total. The maximum absolute atomic E-state index is 5.52. The summed E-state index contributed by atoms with van der Waals surface area (Å²) in [5, 5.41) is 0. The number of nitrogen functional groups attached to an aromatic ring is 1. The maximum Gasteiger partial charge on any atom is 0.161 e. The number of aromatic nitrogens is 2. The van der Waals surface area contributed by atoms with E-state index in [1.54, 1.807) is 0 Å². The molecule has 0 spiro atoms. The molecule has 0 aliphatic carbocycles. The highest BCUT2D eigenvalue weighted by Gasteiger charge is 2.17. The average Bonchev–Trinajstić information content (AvgIpc) is 2.88. The van der Waals surface area contributed by atoms with Gasteiger partial charge in [0.15, 0.2) is 5.82 Å². The molecule has 2 aromatic rings. The molecule has 1 aromatic heterocycles. The lowest BCUT2D eigenvalue weighted by atomic mass is 10.1. The monoisotopic (exact) mass is 283 g/mol. The van der Waals surface area contributed by atoms with E-state index in [1.165, 1.54) is 11.3 Å². The number of benzene rings is 1. The number of fused-ring (bicyclic) bond motifs is 1. The van der Waals surface area contributed by atoms with Crippen LogP contribution >= 0.6 is 0 Å². The van der Waals surface area contributed by atoms with Gasteiger partial charge in [0.05, 0.1) is 0 Å². The Morgan fingerprint density at radius 2 is 2.14 bits per heavy atom. The van der Waals surface area contributed by atoms with Gasteiger partial charge in [-0.2, -0.15) is 0 Å². The molecule has 0 radical (unpaired) electrons. The van der Waals surface area contributed by atoms with Crippen LogP contribution in [0.4, 0.5) is 11.5 Å². The van der Waals surface area contributed by atoms with Crippen LogP contribution in [0.1, 0.15) is 24.6 Å². The number of nitrogens with two attached hydrogens (primary N) is 1. The fourth-order valence-electron chi connectivity index (χ4n) is 2.79. The normalized spacial score (nSPS) is 13.4. The summed E-state index contributed by atoms with van der Waals surface area (Å²) in [4.78, 5) is 11.4. The Balaban J connectivity index is 2.01. The predicted octanol–water partition coefficient (Wildman–Crippen LogP) is 2.37. The van der Waals surface area contributed by atoms with Crippen LogP contribution in [0.5, 0.6) is 0 Å². The van der Waals surface area contributed by atoms with Crippen LogP contribution in [0.25, 0.3) is 11.4 Å². The highest BCUT2D eigenvalue weighted by atomic mass is 15.3. The minimum Gasteiger partial charge on any atom is -0.374 e. The van der Waals surface area contributed by atoms with Gasteiger partial charge in [-0.3, -0.25) is 0 Å². The number of hydrazine groups is 1. The van der Waals surface area contributed by atoms with E-state index in [1.807, 2.05) is 6.07 Å². The van der Waals surface area contributed by atoms with Crippen molar-refractivity contribution in [1.82, 2.24) is 9.97 Å². The van der Waals surface area contributed by atoms with Crippen LogP contribution in [0.15, 0.2) is 24.3 Å². The fraction of sp³-hybridized carbons (Fsp3) is 0.375. The van der Waals surface area contributed by atoms with Crippen LogP contribution in [0.3, 0.4) is 0 Å². The Morgan fingerprint density at radius 3 is 2.90 bits per heavy atom. The molecule has 0 bridgehead atoms. The van der Waals surface area contributed by atoms with Gasteiger partial charge >= 0.3 is 0 Å². The van der Waals surface area contributed by atoms with E-state index >= 15 is 0 Å². The van der Waals surface area contributed by atoms with Gasteiger partial charge in [0, 0.05) is 36.6 Å². The van der Waals surface area contributed by atoms with Gasteiger partial charge in [-0.05, 0) is 36.6 Å². The minimum absolute atomic E-state index is 0.668. The van der Waals surface area contributed by atoms with E-state index in [0.717, 1.165) is 42.9 Å². The first-order valence-corrected chi connectivity index (χ1v) is 7.40. The number of nitrogens with zero attached hydrogens (tertiary/aromatic N) is 3. The summed E-state index contributed by atoms with van der Waals surface area (Å²) < 4.78 is 0. The molecule has 0 saturated heterocycles. The van der Waals surface area contributed by atoms with Crippen molar-refractivity contribution in [3.8, 4) is 11.4 Å². The molecule has 0 unspecified atom stereocenters. The lowest BCUT2D eigenvalue weighted by Gasteiger charge is -2.12. The zero-order valence-corrected chi connectivity index (χ0v) is 12.6. The molecule has 0 atom stereocenters. The predicted molar refractivity (Wildman–Crippen MR) is 86.2 cm³/mol. The first-order valence-electron chi connectivity index (χ1n) is 7.40. The molecule has 2 heterocycles. The van der Waals surface area contributed by atoms with Crippen LogP contribution in [-0.4, -0.2) is 23.6 Å². The lowest BCUT2D eigenvalue weighted by molar-refractivity contribution is 0.875. The van der Waals surface area contributed by atoms with Gasteiger partial charge in [0.25, 0.3) is 0 Å². The number of hydrogen-bond acceptors (Lipinski definition) is 5. The third-order valence-electron chi connectivity index (χ3n) is 3.90. The van der Waals surface area contributed by atoms with Crippen molar-refractivity contribution in [3.05, 3.63) is 35.5 Å². The van der Waals surface area contributed by atoms with Crippen LogP contribution in [0, 0.1) is 0 Å². The highest BCUT2D eigenvalue weighted by Crippen LogP contribution is 2.30. The Kier molecular flexibility index (Phi) is 3.75. The second-order valence-electron chi connectivity index (χ2n) is 5.48. The van der Waals surface area contributed by atoms with Gasteiger partial charge in [-0.1, -0.05) is 13.3 Å². The fourth-order valence-corrected chi connectivity index (χ4v) is 2.79. The molecule has 0 amide bonds. The Labute approximate surface area is 125 Å². The molecule has 21 heavy (non-hydrogen) atoms. The van der Waals surface area contributed by atoms with Gasteiger partial charge in [0.2, 0.25) is 0 Å². The number of anilines is 2. The first kappa shape index (κ1) is 13.8. The van der Waals surface area contributed by atoms with Gasteiger partial charge in [0.1, 0.15) is 5.82 Å². The summed E-state index contributed by atoms with van der Waals surface area (Å²) in [5.41, 5.74) is 7.38. The molecule has 5 heteroatoms. The third kappa shape index (κ3) is 2.69. The summed E-state index contributed by atoms with van der Waals surface area (Å²) >= 11 is 0. The number of rotatable bonds is 4. The van der Waals surface area contributed by atoms with E-state index in [0.29, 0.717) is 5.82 Å². The summed E-state index contributed by atoms with van der Waals surface area (Å²) in [6.07, 6.45) is 3.06. The van der Waals surface area contributed by atoms with Crippen molar-refractivity contribution >= 4 is 11.5 Å². The molecule has 0 saturated carbocycles. The van der Waals surface area contributed by atoms with Crippen LogP contribution in [-0.2, 0) is 12.8 Å². The van der Waals surface area contributed by atoms with Crippen molar-refractivity contribution in [2.75, 3.05) is 23.9 Å². The molecular weight excluding hydrogens is 262 g/mol. The number of aryl methyl sites for hydroxylation is 1. The van der Waals surface area contributed by atoms with E-state index in [2.05, 4.69) is 52.5 Å².